The van der Waals surface area contributed by atoms with Gasteiger partial charge in [-0.3, -0.25) is 14.6 Å². The van der Waals surface area contributed by atoms with Crippen LogP contribution in [0.5, 0.6) is 0 Å². The maximum Gasteiger partial charge on any atom is 0.339 e. The summed E-state index contributed by atoms with van der Waals surface area (Å²) in [7, 11) is 0. The maximum absolute atomic E-state index is 14.0. The number of carbonyl (C=O) groups excluding carboxylic acids is 2. The lowest BCUT2D eigenvalue weighted by Crippen LogP contribution is -2.68. The summed E-state index contributed by atoms with van der Waals surface area (Å²) in [6, 6.07) is -0.711. The van der Waals surface area contributed by atoms with Crippen molar-refractivity contribution in [2.75, 3.05) is 19.6 Å². The van der Waals surface area contributed by atoms with Crippen molar-refractivity contribution in [1.29, 1.82) is 0 Å². The van der Waals surface area contributed by atoms with Crippen molar-refractivity contribution in [3.05, 3.63) is 0 Å². The van der Waals surface area contributed by atoms with Gasteiger partial charge < -0.3 is 21.9 Å². The smallest absolute Gasteiger partial charge is 0.339 e. The number of Topliss-reactive ketones (excluding diaryl/α,β-unsaturated/α-hetero) is 1. The zero-order chi connectivity index (χ0) is 31.5. The molecule has 0 rings (SSSR count). The summed E-state index contributed by atoms with van der Waals surface area (Å²) in [6.07, 6.45) is 22.0. The predicted octanol–water partition coefficient (Wildman–Crippen LogP) is 5.97. The van der Waals surface area contributed by atoms with Gasteiger partial charge in [-0.25, -0.2) is 10.6 Å². The average molecular weight is 598 g/mol. The molecule has 0 aliphatic rings. The van der Waals surface area contributed by atoms with Crippen molar-refractivity contribution in [3.63, 3.8) is 0 Å². The highest BCUT2D eigenvalue weighted by Crippen LogP contribution is 2.27. The minimum atomic E-state index is -2.12. The topological polar surface area (TPSA) is 165 Å². The van der Waals surface area contributed by atoms with Crippen LogP contribution in [0.2, 0.25) is 0 Å². The predicted molar refractivity (Wildman–Crippen MR) is 174 cm³/mol. The van der Waals surface area contributed by atoms with E-state index in [0.29, 0.717) is 56.7 Å². The monoisotopic (exact) mass is 598 g/mol. The number of amides is 1. The number of carbonyl (C=O) groups is 3. The van der Waals surface area contributed by atoms with Crippen LogP contribution in [0.1, 0.15) is 162 Å². The first-order valence-electron chi connectivity index (χ1n) is 17.3. The van der Waals surface area contributed by atoms with E-state index in [-0.39, 0.29) is 12.8 Å². The van der Waals surface area contributed by atoms with Crippen LogP contribution in [-0.4, -0.2) is 59.0 Å². The van der Waals surface area contributed by atoms with Gasteiger partial charge in [0.05, 0.1) is 6.04 Å². The van der Waals surface area contributed by atoms with Gasteiger partial charge in [0.2, 0.25) is 11.4 Å². The molecule has 0 aromatic carbocycles. The quantitative estimate of drug-likeness (QED) is 0.0214. The zero-order valence-electron chi connectivity index (χ0n) is 27.3. The number of hydrazine groups is 1. The van der Waals surface area contributed by atoms with E-state index in [2.05, 4.69) is 12.2 Å². The standard InChI is InChI=1S/C33H67N5O4/c1-3-5-7-8-9-10-11-12-13-14-15-16-17-22-28-37-29(23-18-20-26-34)31(40)33(32(41)42,25-19-21-27-35)38(36)30(39)24-6-4-2/h29,37H,3-28,34-36H2,1-2H3,(H,41,42)/t29?,33-/m1/s1. The summed E-state index contributed by atoms with van der Waals surface area (Å²) in [5, 5.41) is 14.4. The molecule has 2 atom stereocenters. The molecule has 0 aliphatic heterocycles. The Labute approximate surface area is 257 Å². The second kappa shape index (κ2) is 27.0. The van der Waals surface area contributed by atoms with Crippen molar-refractivity contribution >= 4 is 17.7 Å². The largest absolute Gasteiger partial charge is 0.479 e. The van der Waals surface area contributed by atoms with Crippen molar-refractivity contribution in [3.8, 4) is 0 Å². The van der Waals surface area contributed by atoms with E-state index in [0.717, 1.165) is 32.1 Å². The summed E-state index contributed by atoms with van der Waals surface area (Å²) < 4.78 is 0. The van der Waals surface area contributed by atoms with Crippen LogP contribution in [0, 0.1) is 0 Å². The average Bonchev–Trinajstić information content (AvgIpc) is 2.98. The fourth-order valence-electron chi connectivity index (χ4n) is 5.57. The summed E-state index contributed by atoms with van der Waals surface area (Å²) in [5.74, 6) is 3.77. The maximum atomic E-state index is 14.0. The Balaban J connectivity index is 4.96. The van der Waals surface area contributed by atoms with Gasteiger partial charge in [-0.05, 0) is 64.6 Å². The fourth-order valence-corrected chi connectivity index (χ4v) is 5.57. The first-order chi connectivity index (χ1) is 20.3. The van der Waals surface area contributed by atoms with Crippen molar-refractivity contribution in [2.24, 2.45) is 17.3 Å². The molecule has 0 saturated carbocycles. The number of nitrogens with zero attached hydrogens (tertiary/aromatic N) is 1. The van der Waals surface area contributed by atoms with E-state index in [1.807, 2.05) is 6.92 Å². The molecular weight excluding hydrogens is 530 g/mol. The van der Waals surface area contributed by atoms with E-state index in [4.69, 9.17) is 17.3 Å². The van der Waals surface area contributed by atoms with E-state index in [1.165, 1.54) is 70.6 Å². The van der Waals surface area contributed by atoms with Crippen LogP contribution in [-0.2, 0) is 14.4 Å². The SMILES string of the molecule is CCCCCCCCCCCCCCCCNC(CCCCN)C(=O)[C@](CCCCN)(C(=O)O)N(N)C(=O)CCCC. The Kier molecular flexibility index (Phi) is 26.0. The Bertz CT molecular complexity index is 693. The molecule has 0 spiro atoms. The molecule has 0 aromatic heterocycles. The molecule has 9 heteroatoms. The molecule has 1 unspecified atom stereocenters. The minimum Gasteiger partial charge on any atom is -0.479 e. The van der Waals surface area contributed by atoms with Crippen molar-refractivity contribution in [1.82, 2.24) is 10.3 Å². The molecule has 248 valence electrons. The number of aliphatic carboxylic acids is 1. The molecule has 0 saturated heterocycles. The number of unbranched alkanes of at least 4 members (excludes halogenated alkanes) is 16. The van der Waals surface area contributed by atoms with Gasteiger partial charge in [0.25, 0.3) is 0 Å². The number of hydrogen-bond acceptors (Lipinski definition) is 7. The summed E-state index contributed by atoms with van der Waals surface area (Å²) in [6.45, 7) is 5.69. The Morgan fingerprint density at radius 1 is 0.690 bits per heavy atom. The van der Waals surface area contributed by atoms with Gasteiger partial charge >= 0.3 is 5.97 Å². The third kappa shape index (κ3) is 16.9. The molecule has 0 aliphatic carbocycles. The van der Waals surface area contributed by atoms with E-state index in [1.54, 1.807) is 0 Å². The van der Waals surface area contributed by atoms with Crippen molar-refractivity contribution in [2.45, 2.75) is 173 Å². The van der Waals surface area contributed by atoms with Crippen LogP contribution in [0.25, 0.3) is 0 Å². The lowest BCUT2D eigenvalue weighted by molar-refractivity contribution is -0.167. The first-order valence-corrected chi connectivity index (χ1v) is 17.3. The summed E-state index contributed by atoms with van der Waals surface area (Å²) >= 11 is 0. The first kappa shape index (κ1) is 40.5. The van der Waals surface area contributed by atoms with Gasteiger partial charge in [-0.1, -0.05) is 110 Å². The highest BCUT2D eigenvalue weighted by molar-refractivity contribution is 6.12. The summed E-state index contributed by atoms with van der Waals surface area (Å²) in [5.41, 5.74) is 9.23. The Morgan fingerprint density at radius 2 is 1.17 bits per heavy atom. The fraction of sp³-hybridized carbons (Fsp3) is 0.909. The number of hydrogen-bond donors (Lipinski definition) is 5. The van der Waals surface area contributed by atoms with Crippen LogP contribution in [0.15, 0.2) is 0 Å². The molecule has 9 nitrogen and oxygen atoms in total. The van der Waals surface area contributed by atoms with Crippen LogP contribution in [0.3, 0.4) is 0 Å². The summed E-state index contributed by atoms with van der Waals surface area (Å²) in [4.78, 5) is 39.7. The molecule has 0 aromatic rings. The van der Waals surface area contributed by atoms with Gasteiger partial charge in [0, 0.05) is 6.42 Å². The highest BCUT2D eigenvalue weighted by atomic mass is 16.4. The number of nitrogens with two attached hydrogens (primary N) is 3. The van der Waals surface area contributed by atoms with Crippen molar-refractivity contribution < 1.29 is 19.5 Å². The van der Waals surface area contributed by atoms with Gasteiger partial charge in [-0.2, -0.15) is 0 Å². The van der Waals surface area contributed by atoms with Gasteiger partial charge in [0.1, 0.15) is 0 Å². The normalized spacial score (nSPS) is 13.5. The molecule has 0 bridgehead atoms. The van der Waals surface area contributed by atoms with Crippen LogP contribution in [0.4, 0.5) is 0 Å². The molecule has 0 radical (unpaired) electrons. The van der Waals surface area contributed by atoms with Gasteiger partial charge in [-0.15, -0.1) is 0 Å². The molecule has 1 amide bonds. The molecule has 0 heterocycles. The molecular formula is C33H67N5O4. The zero-order valence-corrected chi connectivity index (χ0v) is 27.3. The third-order valence-corrected chi connectivity index (χ3v) is 8.36. The molecule has 0 fully saturated rings. The van der Waals surface area contributed by atoms with Gasteiger partial charge in [0.15, 0.2) is 5.78 Å². The molecule has 42 heavy (non-hydrogen) atoms. The number of carboxylic acids is 1. The second-order valence-corrected chi connectivity index (χ2v) is 12.0. The Morgan fingerprint density at radius 3 is 1.64 bits per heavy atom. The highest BCUT2D eigenvalue weighted by Gasteiger charge is 2.53. The minimum absolute atomic E-state index is 0.0549. The lowest BCUT2D eigenvalue weighted by Gasteiger charge is -2.39. The lowest BCUT2D eigenvalue weighted by atomic mass is 9.81. The molecule has 8 N–H and O–H groups in total. The Hall–Kier alpha value is -1.55. The number of nitrogens with one attached hydrogen (secondary N) is 1. The van der Waals surface area contributed by atoms with E-state index in [9.17, 15) is 19.5 Å². The number of ketones is 1. The number of carboxylic acid groups (broad SMARTS) is 1. The second-order valence-electron chi connectivity index (χ2n) is 12.0. The van der Waals surface area contributed by atoms with Crippen LogP contribution >= 0.6 is 0 Å². The van der Waals surface area contributed by atoms with Crippen LogP contribution < -0.4 is 22.6 Å². The van der Waals surface area contributed by atoms with E-state index < -0.39 is 29.2 Å². The number of rotatable bonds is 31. The van der Waals surface area contributed by atoms with E-state index >= 15 is 0 Å². The third-order valence-electron chi connectivity index (χ3n) is 8.36.